The number of aromatic nitrogens is 3. The number of hydrogen-bond donors (Lipinski definition) is 0. The van der Waals surface area contributed by atoms with Crippen molar-refractivity contribution in [1.82, 2.24) is 19.1 Å². The molecular formula is C14H17FN4O2S. The van der Waals surface area contributed by atoms with Crippen LogP contribution in [0.15, 0.2) is 35.7 Å². The zero-order chi connectivity index (χ0) is 15.7. The Morgan fingerprint density at radius 2 is 2.00 bits per heavy atom. The molecule has 3 heterocycles. The number of hydrogen-bond acceptors (Lipinski definition) is 4. The molecule has 0 N–H and O–H groups in total. The SMILES string of the molecule is Cc1cnn(C2CCN(S(=O)(=O)c3cnccc3F)CC2)c1. The molecular weight excluding hydrogens is 307 g/mol. The summed E-state index contributed by atoms with van der Waals surface area (Å²) in [5.74, 6) is -0.764. The van der Waals surface area contributed by atoms with Crippen molar-refractivity contribution >= 4 is 10.0 Å². The van der Waals surface area contributed by atoms with Crippen LogP contribution in [0.1, 0.15) is 24.4 Å². The smallest absolute Gasteiger partial charge is 0.247 e. The van der Waals surface area contributed by atoms with Crippen molar-refractivity contribution in [2.24, 2.45) is 0 Å². The molecule has 0 atom stereocenters. The van der Waals surface area contributed by atoms with Gasteiger partial charge >= 0.3 is 0 Å². The van der Waals surface area contributed by atoms with Crippen molar-refractivity contribution in [3.63, 3.8) is 0 Å². The zero-order valence-electron chi connectivity index (χ0n) is 12.2. The molecule has 0 amide bonds. The third-order valence-corrected chi connectivity index (χ3v) is 5.78. The third-order valence-electron chi connectivity index (χ3n) is 3.88. The fraction of sp³-hybridized carbons (Fsp3) is 0.429. The maximum Gasteiger partial charge on any atom is 0.247 e. The number of rotatable bonds is 3. The first-order chi connectivity index (χ1) is 10.5. The van der Waals surface area contributed by atoms with E-state index in [9.17, 15) is 12.8 Å². The maximum absolute atomic E-state index is 13.7. The van der Waals surface area contributed by atoms with E-state index < -0.39 is 15.8 Å². The molecule has 2 aromatic rings. The Kier molecular flexibility index (Phi) is 3.96. The summed E-state index contributed by atoms with van der Waals surface area (Å²) in [4.78, 5) is 3.35. The van der Waals surface area contributed by atoms with Crippen LogP contribution in [0.2, 0.25) is 0 Å². The Morgan fingerprint density at radius 1 is 1.27 bits per heavy atom. The lowest BCUT2D eigenvalue weighted by Gasteiger charge is -2.31. The second kappa shape index (κ2) is 5.77. The first-order valence-electron chi connectivity index (χ1n) is 7.09. The summed E-state index contributed by atoms with van der Waals surface area (Å²) in [5, 5.41) is 4.28. The van der Waals surface area contributed by atoms with Crippen molar-refractivity contribution in [1.29, 1.82) is 0 Å². The maximum atomic E-state index is 13.7. The van der Waals surface area contributed by atoms with Crippen LogP contribution in [0.25, 0.3) is 0 Å². The second-order valence-electron chi connectivity index (χ2n) is 5.44. The van der Waals surface area contributed by atoms with Gasteiger partial charge in [0.1, 0.15) is 10.7 Å². The molecule has 0 aromatic carbocycles. The monoisotopic (exact) mass is 324 g/mol. The average Bonchev–Trinajstić information content (AvgIpc) is 2.94. The molecule has 0 radical (unpaired) electrons. The predicted octanol–water partition coefficient (Wildman–Crippen LogP) is 1.75. The van der Waals surface area contributed by atoms with E-state index in [0.29, 0.717) is 25.9 Å². The average molecular weight is 324 g/mol. The number of piperidine rings is 1. The van der Waals surface area contributed by atoms with E-state index in [0.717, 1.165) is 17.8 Å². The molecule has 1 fully saturated rings. The molecule has 6 nitrogen and oxygen atoms in total. The normalized spacial score (nSPS) is 17.7. The van der Waals surface area contributed by atoms with Gasteiger partial charge in [-0.2, -0.15) is 9.40 Å². The fourth-order valence-corrected chi connectivity index (χ4v) is 4.15. The molecule has 22 heavy (non-hydrogen) atoms. The molecule has 0 unspecified atom stereocenters. The van der Waals surface area contributed by atoms with E-state index in [1.165, 1.54) is 10.5 Å². The second-order valence-corrected chi connectivity index (χ2v) is 7.35. The summed E-state index contributed by atoms with van der Waals surface area (Å²) < 4.78 is 41.9. The van der Waals surface area contributed by atoms with Gasteiger partial charge in [0.25, 0.3) is 0 Å². The van der Waals surface area contributed by atoms with Gasteiger partial charge in [-0.05, 0) is 31.4 Å². The largest absolute Gasteiger partial charge is 0.269 e. The molecule has 2 aromatic heterocycles. The van der Waals surface area contributed by atoms with Gasteiger partial charge in [-0.1, -0.05) is 0 Å². The van der Waals surface area contributed by atoms with Gasteiger partial charge < -0.3 is 0 Å². The van der Waals surface area contributed by atoms with Crippen molar-refractivity contribution in [3.05, 3.63) is 42.2 Å². The van der Waals surface area contributed by atoms with Crippen LogP contribution in [0.5, 0.6) is 0 Å². The van der Waals surface area contributed by atoms with E-state index in [2.05, 4.69) is 10.1 Å². The summed E-state index contributed by atoms with van der Waals surface area (Å²) in [7, 11) is -3.83. The Balaban J connectivity index is 1.75. The Morgan fingerprint density at radius 3 is 2.59 bits per heavy atom. The van der Waals surface area contributed by atoms with Gasteiger partial charge in [-0.15, -0.1) is 0 Å². The van der Waals surface area contributed by atoms with E-state index in [4.69, 9.17) is 0 Å². The minimum atomic E-state index is -3.83. The van der Waals surface area contributed by atoms with Crippen molar-refractivity contribution in [3.8, 4) is 0 Å². The molecule has 118 valence electrons. The molecule has 1 aliphatic heterocycles. The third kappa shape index (κ3) is 2.76. The molecule has 0 bridgehead atoms. The molecule has 1 saturated heterocycles. The topological polar surface area (TPSA) is 68.1 Å². The first-order valence-corrected chi connectivity index (χ1v) is 8.53. The number of aryl methyl sites for hydroxylation is 1. The Labute approximate surface area is 128 Å². The highest BCUT2D eigenvalue weighted by atomic mass is 32.2. The number of nitrogens with zero attached hydrogens (tertiary/aromatic N) is 4. The van der Waals surface area contributed by atoms with Crippen LogP contribution < -0.4 is 0 Å². The van der Waals surface area contributed by atoms with Crippen LogP contribution in [-0.4, -0.2) is 40.6 Å². The highest BCUT2D eigenvalue weighted by Crippen LogP contribution is 2.27. The summed E-state index contributed by atoms with van der Waals surface area (Å²) in [6.45, 7) is 2.66. The summed E-state index contributed by atoms with van der Waals surface area (Å²) in [6, 6.07) is 1.24. The summed E-state index contributed by atoms with van der Waals surface area (Å²) >= 11 is 0. The highest BCUT2D eigenvalue weighted by molar-refractivity contribution is 7.89. The van der Waals surface area contributed by atoms with Gasteiger partial charge in [0.2, 0.25) is 10.0 Å². The standard InChI is InChI=1S/C14H17FN4O2S/c1-11-8-17-19(10-11)12-3-6-18(7-4-12)22(20,21)14-9-16-5-2-13(14)15/h2,5,8-10,12H,3-4,6-7H2,1H3. The lowest BCUT2D eigenvalue weighted by Crippen LogP contribution is -2.39. The molecule has 0 spiro atoms. The zero-order valence-corrected chi connectivity index (χ0v) is 13.0. The van der Waals surface area contributed by atoms with Crippen molar-refractivity contribution in [2.45, 2.75) is 30.7 Å². The number of halogens is 1. The van der Waals surface area contributed by atoms with Crippen molar-refractivity contribution in [2.75, 3.05) is 13.1 Å². The van der Waals surface area contributed by atoms with E-state index in [1.807, 2.05) is 17.8 Å². The van der Waals surface area contributed by atoms with Gasteiger partial charge in [-0.3, -0.25) is 9.67 Å². The van der Waals surface area contributed by atoms with E-state index in [1.54, 1.807) is 6.20 Å². The minimum absolute atomic E-state index is 0.180. The Hall–Kier alpha value is -1.80. The van der Waals surface area contributed by atoms with Gasteiger partial charge in [0.15, 0.2) is 0 Å². The molecule has 3 rings (SSSR count). The van der Waals surface area contributed by atoms with Gasteiger partial charge in [0, 0.05) is 31.7 Å². The van der Waals surface area contributed by atoms with Crippen LogP contribution in [0, 0.1) is 12.7 Å². The lowest BCUT2D eigenvalue weighted by molar-refractivity contribution is 0.260. The van der Waals surface area contributed by atoms with E-state index >= 15 is 0 Å². The minimum Gasteiger partial charge on any atom is -0.269 e. The van der Waals surface area contributed by atoms with Crippen molar-refractivity contribution < 1.29 is 12.8 Å². The molecule has 1 aliphatic rings. The number of pyridine rings is 1. The molecule has 8 heteroatoms. The highest BCUT2D eigenvalue weighted by Gasteiger charge is 2.32. The van der Waals surface area contributed by atoms with Crippen LogP contribution in [-0.2, 0) is 10.0 Å². The quantitative estimate of drug-likeness (QED) is 0.862. The van der Waals surface area contributed by atoms with Gasteiger partial charge in [-0.25, -0.2) is 12.8 Å². The lowest BCUT2D eigenvalue weighted by atomic mass is 10.1. The molecule has 0 aliphatic carbocycles. The number of sulfonamides is 1. The fourth-order valence-electron chi connectivity index (χ4n) is 2.67. The summed E-state index contributed by atoms with van der Waals surface area (Å²) in [6.07, 6.45) is 7.35. The summed E-state index contributed by atoms with van der Waals surface area (Å²) in [5.41, 5.74) is 1.08. The Bertz CT molecular complexity index is 767. The van der Waals surface area contributed by atoms with Crippen LogP contribution in [0.4, 0.5) is 4.39 Å². The first kappa shape index (κ1) is 15.1. The van der Waals surface area contributed by atoms with Gasteiger partial charge in [0.05, 0.1) is 12.2 Å². The van der Waals surface area contributed by atoms with E-state index in [-0.39, 0.29) is 10.9 Å². The van der Waals surface area contributed by atoms with Crippen LogP contribution >= 0.6 is 0 Å². The predicted molar refractivity (Wildman–Crippen MR) is 78.2 cm³/mol. The van der Waals surface area contributed by atoms with Crippen LogP contribution in [0.3, 0.4) is 0 Å². The molecule has 0 saturated carbocycles.